The number of furan rings is 1. The van der Waals surface area contributed by atoms with Gasteiger partial charge in [0.05, 0.1) is 6.26 Å². The second kappa shape index (κ2) is 8.24. The van der Waals surface area contributed by atoms with Crippen molar-refractivity contribution in [3.05, 3.63) is 60.3 Å². The minimum atomic E-state index is -1.87. The van der Waals surface area contributed by atoms with E-state index in [1.54, 1.807) is 12.3 Å². The number of halogens is 6. The van der Waals surface area contributed by atoms with Crippen LogP contribution in [-0.4, -0.2) is 19.3 Å². The molecule has 1 aliphatic rings. The van der Waals surface area contributed by atoms with Crippen LogP contribution in [0, 0.1) is 0 Å². The Bertz CT molecular complexity index is 907. The van der Waals surface area contributed by atoms with E-state index in [2.05, 4.69) is 15.3 Å². The molecule has 0 bridgehead atoms. The van der Waals surface area contributed by atoms with Gasteiger partial charge in [-0.3, -0.25) is 0 Å². The first-order chi connectivity index (χ1) is 12.6. The summed E-state index contributed by atoms with van der Waals surface area (Å²) in [5, 5.41) is 2.81. The minimum Gasteiger partial charge on any atom is -0.468 e. The molecule has 27 heavy (non-hydrogen) atoms. The standard InChI is InChI=1S/C17H11Cl6N3O/c18-16(19,20)14-24-13(25-15(26-14)17(21,22)23)7-6-12-8-11(9-27-12)10-4-2-1-3-5-10/h1-5,7-9H,6H2,(H,24,25,26). The fourth-order valence-electron chi connectivity index (χ4n) is 2.25. The van der Waals surface area contributed by atoms with Gasteiger partial charge in [0.15, 0.2) is 11.7 Å². The Hall–Kier alpha value is -0.880. The van der Waals surface area contributed by atoms with Crippen LogP contribution in [0.5, 0.6) is 0 Å². The summed E-state index contributed by atoms with van der Waals surface area (Å²) in [6, 6.07) is 11.8. The summed E-state index contributed by atoms with van der Waals surface area (Å²) in [7, 11) is 0. The number of hydrogen-bond donors (Lipinski definition) is 1. The van der Waals surface area contributed by atoms with E-state index in [1.165, 1.54) is 0 Å². The molecule has 1 aromatic heterocycles. The minimum absolute atomic E-state index is 0.0144. The Morgan fingerprint density at radius 1 is 0.926 bits per heavy atom. The molecule has 0 saturated carbocycles. The SMILES string of the molecule is ClC(Cl)(Cl)C1=NC(=CCc2cc(-c3ccccc3)co2)NC(C(Cl)(Cl)Cl)=N1. The molecule has 0 saturated heterocycles. The highest BCUT2D eigenvalue weighted by Crippen LogP contribution is 2.34. The lowest BCUT2D eigenvalue weighted by atomic mass is 10.1. The van der Waals surface area contributed by atoms with Crippen LogP contribution in [0.3, 0.4) is 0 Å². The smallest absolute Gasteiger partial charge is 0.250 e. The third-order valence-corrected chi connectivity index (χ3v) is 4.51. The van der Waals surface area contributed by atoms with Crippen LogP contribution in [0.25, 0.3) is 11.1 Å². The molecule has 0 fully saturated rings. The van der Waals surface area contributed by atoms with Gasteiger partial charge in [0.25, 0.3) is 0 Å². The molecule has 0 radical (unpaired) electrons. The zero-order chi connectivity index (χ0) is 19.7. The number of benzene rings is 1. The fourth-order valence-corrected chi connectivity index (χ4v) is 2.77. The fraction of sp³-hybridized carbons (Fsp3) is 0.176. The van der Waals surface area contributed by atoms with E-state index in [-0.39, 0.29) is 11.7 Å². The Kier molecular flexibility index (Phi) is 6.36. The first-order valence-corrected chi connectivity index (χ1v) is 9.81. The van der Waals surface area contributed by atoms with E-state index >= 15 is 0 Å². The van der Waals surface area contributed by atoms with Crippen molar-refractivity contribution in [2.75, 3.05) is 0 Å². The molecule has 0 aliphatic carbocycles. The number of aliphatic imine (C=N–C) groups is 2. The first kappa shape index (κ1) is 20.8. The summed E-state index contributed by atoms with van der Waals surface area (Å²) in [5.74, 6) is 0.916. The van der Waals surface area contributed by atoms with Gasteiger partial charge in [0, 0.05) is 12.0 Å². The molecule has 142 valence electrons. The maximum absolute atomic E-state index is 5.89. The largest absolute Gasteiger partial charge is 0.468 e. The molecular weight excluding hydrogens is 475 g/mol. The molecule has 1 aliphatic heterocycles. The van der Waals surface area contributed by atoms with Gasteiger partial charge in [-0.15, -0.1) is 0 Å². The van der Waals surface area contributed by atoms with Crippen LogP contribution in [0.1, 0.15) is 5.76 Å². The molecule has 2 heterocycles. The molecule has 1 N–H and O–H groups in total. The van der Waals surface area contributed by atoms with Crippen molar-refractivity contribution >= 4 is 81.3 Å². The predicted molar refractivity (Wildman–Crippen MR) is 115 cm³/mol. The highest BCUT2D eigenvalue weighted by atomic mass is 35.6. The number of amidine groups is 2. The van der Waals surface area contributed by atoms with Gasteiger partial charge in [-0.05, 0) is 17.7 Å². The van der Waals surface area contributed by atoms with Crippen LogP contribution in [-0.2, 0) is 6.42 Å². The molecule has 2 aromatic rings. The molecule has 0 unspecified atom stereocenters. The van der Waals surface area contributed by atoms with Gasteiger partial charge in [-0.2, -0.15) is 0 Å². The zero-order valence-electron chi connectivity index (χ0n) is 13.4. The number of rotatable bonds is 3. The summed E-state index contributed by atoms with van der Waals surface area (Å²) >= 11 is 35.3. The van der Waals surface area contributed by atoms with E-state index in [0.717, 1.165) is 11.1 Å². The summed E-state index contributed by atoms with van der Waals surface area (Å²) < 4.78 is 1.89. The van der Waals surface area contributed by atoms with Crippen molar-refractivity contribution in [1.29, 1.82) is 0 Å². The van der Waals surface area contributed by atoms with E-state index < -0.39 is 7.59 Å². The van der Waals surface area contributed by atoms with Gasteiger partial charge < -0.3 is 9.73 Å². The zero-order valence-corrected chi connectivity index (χ0v) is 17.9. The predicted octanol–water partition coefficient (Wildman–Crippen LogP) is 6.47. The van der Waals surface area contributed by atoms with Crippen molar-refractivity contribution in [2.24, 2.45) is 9.98 Å². The van der Waals surface area contributed by atoms with Crippen LogP contribution in [0.4, 0.5) is 0 Å². The first-order valence-electron chi connectivity index (χ1n) is 7.55. The van der Waals surface area contributed by atoms with E-state index in [0.29, 0.717) is 18.0 Å². The van der Waals surface area contributed by atoms with E-state index in [4.69, 9.17) is 74.0 Å². The molecule has 0 amide bonds. The lowest BCUT2D eigenvalue weighted by Crippen LogP contribution is -2.39. The number of alkyl halides is 6. The molecular formula is C17H11Cl6N3O. The highest BCUT2D eigenvalue weighted by Gasteiger charge is 2.36. The second-order valence-electron chi connectivity index (χ2n) is 5.48. The summed E-state index contributed by atoms with van der Waals surface area (Å²) in [6.07, 6.45) is 3.82. The highest BCUT2D eigenvalue weighted by molar-refractivity contribution is 6.79. The Labute approximate surface area is 185 Å². The number of hydrogen-bond acceptors (Lipinski definition) is 4. The van der Waals surface area contributed by atoms with Crippen molar-refractivity contribution in [2.45, 2.75) is 14.0 Å². The lowest BCUT2D eigenvalue weighted by molar-refractivity contribution is 0.523. The molecule has 0 spiro atoms. The van der Waals surface area contributed by atoms with E-state index in [1.807, 2.05) is 36.4 Å². The summed E-state index contributed by atoms with van der Waals surface area (Å²) in [5.41, 5.74) is 2.02. The number of allylic oxidation sites excluding steroid dienone is 1. The van der Waals surface area contributed by atoms with Crippen LogP contribution in [0.15, 0.2) is 69.0 Å². The Morgan fingerprint density at radius 3 is 2.26 bits per heavy atom. The molecule has 3 rings (SSSR count). The van der Waals surface area contributed by atoms with Crippen molar-refractivity contribution in [3.8, 4) is 11.1 Å². The van der Waals surface area contributed by atoms with Crippen molar-refractivity contribution < 1.29 is 4.42 Å². The molecule has 10 heteroatoms. The molecule has 1 aromatic carbocycles. The summed E-state index contributed by atoms with van der Waals surface area (Å²) in [6.45, 7) is 0. The molecule has 0 atom stereocenters. The topological polar surface area (TPSA) is 49.9 Å². The van der Waals surface area contributed by atoms with E-state index in [9.17, 15) is 0 Å². The quantitative estimate of drug-likeness (QED) is 0.506. The third-order valence-electron chi connectivity index (χ3n) is 3.47. The normalized spacial score (nSPS) is 16.7. The van der Waals surface area contributed by atoms with Crippen LogP contribution < -0.4 is 5.32 Å². The average molecular weight is 486 g/mol. The number of nitrogens with zero attached hydrogens (tertiary/aromatic N) is 2. The van der Waals surface area contributed by atoms with Crippen LogP contribution >= 0.6 is 69.6 Å². The molecule has 4 nitrogen and oxygen atoms in total. The monoisotopic (exact) mass is 483 g/mol. The van der Waals surface area contributed by atoms with Gasteiger partial charge in [0.1, 0.15) is 11.6 Å². The van der Waals surface area contributed by atoms with Crippen molar-refractivity contribution in [3.63, 3.8) is 0 Å². The van der Waals surface area contributed by atoms with Gasteiger partial charge in [-0.1, -0.05) is 99.9 Å². The lowest BCUT2D eigenvalue weighted by Gasteiger charge is -2.23. The van der Waals surface area contributed by atoms with Gasteiger partial charge in [-0.25, -0.2) is 9.98 Å². The van der Waals surface area contributed by atoms with Crippen LogP contribution in [0.2, 0.25) is 0 Å². The average Bonchev–Trinajstić information content (AvgIpc) is 3.08. The Balaban J connectivity index is 1.82. The summed E-state index contributed by atoms with van der Waals surface area (Å²) in [4.78, 5) is 8.14. The third kappa shape index (κ3) is 5.57. The Morgan fingerprint density at radius 2 is 1.63 bits per heavy atom. The second-order valence-corrected chi connectivity index (χ2v) is 10.0. The maximum Gasteiger partial charge on any atom is 0.250 e. The van der Waals surface area contributed by atoms with Gasteiger partial charge in [0.2, 0.25) is 7.59 Å². The number of nitrogens with one attached hydrogen (secondary N) is 1. The maximum atomic E-state index is 5.89. The van der Waals surface area contributed by atoms with Gasteiger partial charge >= 0.3 is 0 Å². The van der Waals surface area contributed by atoms with Crippen molar-refractivity contribution in [1.82, 2.24) is 5.32 Å².